The van der Waals surface area contributed by atoms with Crippen LogP contribution in [0.1, 0.15) is 22.3 Å². The minimum Gasteiger partial charge on any atom is -0.369 e. The Morgan fingerprint density at radius 1 is 0.957 bits per heavy atom. The number of likely N-dealkylation sites (N-methyl/N-ethyl adjacent to an activating group) is 1. The zero-order valence-electron chi connectivity index (χ0n) is 26.1. The van der Waals surface area contributed by atoms with Gasteiger partial charge >= 0.3 is 6.18 Å². The van der Waals surface area contributed by atoms with Gasteiger partial charge in [0.1, 0.15) is 0 Å². The zero-order valence-corrected chi connectivity index (χ0v) is 26.1. The first-order valence-electron chi connectivity index (χ1n) is 15.0. The standard InChI is InChI=1S/C36H37F3N6O/c1-25-7-10-32(43-35(46)18-26-5-4-6-31(17-26)36(37,38)39)20-34(25)42-24-30(21-40-2)29-19-28(22-41-23-29)27-8-11-33(12-9-27)45-15-13-44(3)14-16-45/h4-12,17,19-24,42H,13-16,18H2,1-3H3,(H,43,46)/b30-24+,40-21-. The van der Waals surface area contributed by atoms with Gasteiger partial charge in [0.2, 0.25) is 5.91 Å². The second kappa shape index (κ2) is 14.4. The summed E-state index contributed by atoms with van der Waals surface area (Å²) in [5.41, 5.74) is 6.67. The van der Waals surface area contributed by atoms with Gasteiger partial charge in [0, 0.05) is 91.8 Å². The summed E-state index contributed by atoms with van der Waals surface area (Å²) in [4.78, 5) is 26.2. The van der Waals surface area contributed by atoms with E-state index in [2.05, 4.69) is 67.8 Å². The van der Waals surface area contributed by atoms with E-state index < -0.39 is 17.6 Å². The van der Waals surface area contributed by atoms with Gasteiger partial charge in [-0.3, -0.25) is 14.8 Å². The Morgan fingerprint density at radius 2 is 1.72 bits per heavy atom. The molecule has 0 spiro atoms. The summed E-state index contributed by atoms with van der Waals surface area (Å²) in [5.74, 6) is -0.414. The number of nitrogens with zero attached hydrogens (tertiary/aromatic N) is 4. The van der Waals surface area contributed by atoms with Crippen LogP contribution in [0.4, 0.5) is 30.2 Å². The highest BCUT2D eigenvalue weighted by Crippen LogP contribution is 2.30. The van der Waals surface area contributed by atoms with Gasteiger partial charge in [0.15, 0.2) is 0 Å². The van der Waals surface area contributed by atoms with Gasteiger partial charge in [-0.25, -0.2) is 0 Å². The lowest BCUT2D eigenvalue weighted by atomic mass is 10.0. The summed E-state index contributed by atoms with van der Waals surface area (Å²) < 4.78 is 39.2. The number of carbonyl (C=O) groups excluding carboxylic acids is 1. The molecule has 1 aliphatic heterocycles. The van der Waals surface area contributed by atoms with Crippen LogP contribution in [-0.4, -0.2) is 62.3 Å². The van der Waals surface area contributed by atoms with Crippen LogP contribution in [0, 0.1) is 6.92 Å². The molecule has 5 rings (SSSR count). The number of hydrogen-bond donors (Lipinski definition) is 2. The topological polar surface area (TPSA) is 72.9 Å². The van der Waals surface area contributed by atoms with E-state index in [1.807, 2.05) is 25.4 Å². The highest BCUT2D eigenvalue weighted by Gasteiger charge is 2.30. The summed E-state index contributed by atoms with van der Waals surface area (Å²) in [5, 5.41) is 6.11. The summed E-state index contributed by atoms with van der Waals surface area (Å²) in [6.07, 6.45) is 2.57. The third kappa shape index (κ3) is 8.39. The SMILES string of the molecule is C/N=C\C(=C/Nc1cc(NC(=O)Cc2cccc(C(F)(F)F)c2)ccc1C)c1cncc(-c2ccc(N3CCN(C)CC3)cc2)c1. The molecule has 4 aromatic rings. The van der Waals surface area contributed by atoms with Crippen molar-refractivity contribution >= 4 is 34.8 Å². The highest BCUT2D eigenvalue weighted by molar-refractivity contribution is 6.10. The van der Waals surface area contributed by atoms with Crippen molar-refractivity contribution in [3.63, 3.8) is 0 Å². The minimum atomic E-state index is -4.47. The number of halogens is 3. The molecule has 1 aromatic heterocycles. The lowest BCUT2D eigenvalue weighted by Gasteiger charge is -2.34. The molecule has 0 bridgehead atoms. The Kier molecular flexibility index (Phi) is 10.2. The molecule has 0 unspecified atom stereocenters. The summed E-state index contributed by atoms with van der Waals surface area (Å²) in [6.45, 7) is 6.07. The van der Waals surface area contributed by atoms with Gasteiger partial charge in [-0.2, -0.15) is 13.2 Å². The van der Waals surface area contributed by atoms with Gasteiger partial charge in [0.05, 0.1) is 12.0 Å². The predicted molar refractivity (Wildman–Crippen MR) is 180 cm³/mol. The molecule has 0 saturated carbocycles. The van der Waals surface area contributed by atoms with Crippen LogP contribution in [0.2, 0.25) is 0 Å². The number of rotatable bonds is 9. The van der Waals surface area contributed by atoms with E-state index in [1.165, 1.54) is 17.8 Å². The number of aryl methyl sites for hydroxylation is 1. The third-order valence-corrected chi connectivity index (χ3v) is 7.93. The van der Waals surface area contributed by atoms with Crippen LogP contribution < -0.4 is 15.5 Å². The first-order valence-corrected chi connectivity index (χ1v) is 15.0. The van der Waals surface area contributed by atoms with E-state index in [1.54, 1.807) is 31.6 Å². The van der Waals surface area contributed by atoms with Crippen molar-refractivity contribution in [3.05, 3.63) is 114 Å². The number of alkyl halides is 3. The molecule has 1 fully saturated rings. The molecule has 10 heteroatoms. The van der Waals surface area contributed by atoms with Crippen LogP contribution in [-0.2, 0) is 17.4 Å². The highest BCUT2D eigenvalue weighted by atomic mass is 19.4. The molecule has 46 heavy (non-hydrogen) atoms. The molecule has 2 heterocycles. The largest absolute Gasteiger partial charge is 0.416 e. The predicted octanol–water partition coefficient (Wildman–Crippen LogP) is 7.16. The average Bonchev–Trinajstić information content (AvgIpc) is 3.04. The number of benzene rings is 3. The molecule has 238 valence electrons. The van der Waals surface area contributed by atoms with Crippen molar-refractivity contribution in [2.24, 2.45) is 4.99 Å². The number of allylic oxidation sites excluding steroid dienone is 1. The fourth-order valence-corrected chi connectivity index (χ4v) is 5.28. The van der Waals surface area contributed by atoms with Crippen LogP contribution in [0.3, 0.4) is 0 Å². The van der Waals surface area contributed by atoms with Crippen molar-refractivity contribution in [1.29, 1.82) is 0 Å². The molecule has 7 nitrogen and oxygen atoms in total. The van der Waals surface area contributed by atoms with Gasteiger partial charge in [-0.05, 0) is 67.1 Å². The minimum absolute atomic E-state index is 0.181. The zero-order chi connectivity index (χ0) is 32.7. The number of hydrogen-bond acceptors (Lipinski definition) is 6. The van der Waals surface area contributed by atoms with E-state index in [0.29, 0.717) is 5.69 Å². The summed E-state index contributed by atoms with van der Waals surface area (Å²) in [6, 6.07) is 20.8. The Hall–Kier alpha value is -4.96. The Balaban J connectivity index is 1.28. The molecule has 3 aromatic carbocycles. The van der Waals surface area contributed by atoms with Crippen LogP contribution in [0.5, 0.6) is 0 Å². The molecule has 1 saturated heterocycles. The number of nitrogens with one attached hydrogen (secondary N) is 2. The Bertz CT molecular complexity index is 1720. The first kappa shape index (κ1) is 32.4. The summed E-state index contributed by atoms with van der Waals surface area (Å²) in [7, 11) is 3.85. The van der Waals surface area contributed by atoms with Crippen molar-refractivity contribution in [3.8, 4) is 11.1 Å². The second-order valence-corrected chi connectivity index (χ2v) is 11.4. The number of piperazine rings is 1. The van der Waals surface area contributed by atoms with Crippen molar-refractivity contribution in [1.82, 2.24) is 9.88 Å². The first-order chi connectivity index (χ1) is 22.1. The molecule has 1 aliphatic rings. The quantitative estimate of drug-likeness (QED) is 0.193. The van der Waals surface area contributed by atoms with E-state index in [-0.39, 0.29) is 12.0 Å². The van der Waals surface area contributed by atoms with E-state index in [9.17, 15) is 18.0 Å². The smallest absolute Gasteiger partial charge is 0.369 e. The Labute approximate surface area is 267 Å². The Morgan fingerprint density at radius 3 is 2.43 bits per heavy atom. The van der Waals surface area contributed by atoms with Crippen molar-refractivity contribution < 1.29 is 18.0 Å². The van der Waals surface area contributed by atoms with Crippen LogP contribution in [0.25, 0.3) is 16.7 Å². The molecule has 1 amide bonds. The number of anilines is 3. The van der Waals surface area contributed by atoms with Crippen molar-refractivity contribution in [2.45, 2.75) is 19.5 Å². The number of pyridine rings is 1. The van der Waals surface area contributed by atoms with Crippen LogP contribution >= 0.6 is 0 Å². The van der Waals surface area contributed by atoms with Crippen LogP contribution in [0.15, 0.2) is 96.4 Å². The fourth-order valence-electron chi connectivity index (χ4n) is 5.28. The van der Waals surface area contributed by atoms with E-state index in [4.69, 9.17) is 0 Å². The maximum atomic E-state index is 13.1. The molecule has 0 atom stereocenters. The second-order valence-electron chi connectivity index (χ2n) is 11.4. The lowest BCUT2D eigenvalue weighted by Crippen LogP contribution is -2.44. The maximum Gasteiger partial charge on any atom is 0.416 e. The van der Waals surface area contributed by atoms with Crippen molar-refractivity contribution in [2.75, 3.05) is 55.8 Å². The number of amides is 1. The van der Waals surface area contributed by atoms with E-state index in [0.717, 1.165) is 71.8 Å². The fraction of sp³-hybridized carbons (Fsp3) is 0.250. The van der Waals surface area contributed by atoms with Gasteiger partial charge in [-0.1, -0.05) is 36.4 Å². The monoisotopic (exact) mass is 626 g/mol. The number of carbonyl (C=O) groups is 1. The van der Waals surface area contributed by atoms with Gasteiger partial charge in [-0.15, -0.1) is 0 Å². The summed E-state index contributed by atoms with van der Waals surface area (Å²) >= 11 is 0. The lowest BCUT2D eigenvalue weighted by molar-refractivity contribution is -0.137. The molecular weight excluding hydrogens is 589 g/mol. The van der Waals surface area contributed by atoms with Gasteiger partial charge < -0.3 is 20.4 Å². The molecule has 2 N–H and O–H groups in total. The number of aliphatic imine (C=N–C) groups is 1. The maximum absolute atomic E-state index is 13.1. The normalized spacial score (nSPS) is 14.5. The average molecular weight is 627 g/mol. The molecular formula is C36H37F3N6O. The number of aromatic nitrogens is 1. The molecule has 0 aliphatic carbocycles. The van der Waals surface area contributed by atoms with E-state index >= 15 is 0 Å². The molecule has 0 radical (unpaired) electrons. The third-order valence-electron chi connectivity index (χ3n) is 7.93. The van der Waals surface area contributed by atoms with Gasteiger partial charge in [0.25, 0.3) is 0 Å².